The lowest BCUT2D eigenvalue weighted by Gasteiger charge is -2.31. The number of nitrogens with one attached hydrogen (secondary N) is 1. The summed E-state index contributed by atoms with van der Waals surface area (Å²) in [6, 6.07) is 6.48. The van der Waals surface area contributed by atoms with Gasteiger partial charge in [0.2, 0.25) is 10.0 Å². The van der Waals surface area contributed by atoms with Gasteiger partial charge in [-0.1, -0.05) is 6.42 Å². The number of anilines is 2. The highest BCUT2D eigenvalue weighted by atomic mass is 32.2. The first kappa shape index (κ1) is 25.6. The van der Waals surface area contributed by atoms with Gasteiger partial charge in [0.15, 0.2) is 0 Å². The molecule has 190 valence electrons. The Bertz CT molecular complexity index is 1180. The number of thiophene rings is 1. The van der Waals surface area contributed by atoms with Crippen LogP contribution in [0.4, 0.5) is 10.7 Å². The summed E-state index contributed by atoms with van der Waals surface area (Å²) in [5.41, 5.74) is 1.63. The average molecular weight is 522 g/mol. The third kappa shape index (κ3) is 5.69. The average Bonchev–Trinajstić information content (AvgIpc) is 3.24. The Morgan fingerprint density at radius 3 is 2.49 bits per heavy atom. The van der Waals surface area contributed by atoms with Crippen LogP contribution < -0.4 is 10.2 Å². The van der Waals surface area contributed by atoms with Crippen molar-refractivity contribution in [1.82, 2.24) is 4.31 Å². The zero-order valence-electron chi connectivity index (χ0n) is 20.0. The van der Waals surface area contributed by atoms with Gasteiger partial charge in [-0.15, -0.1) is 11.3 Å². The molecule has 1 aromatic heterocycles. The second-order valence-corrected chi connectivity index (χ2v) is 11.5. The Balaban J connectivity index is 1.66. The summed E-state index contributed by atoms with van der Waals surface area (Å²) in [6.07, 6.45) is 2.68. The third-order valence-corrected chi connectivity index (χ3v) is 9.16. The molecule has 9 nitrogen and oxygen atoms in total. The van der Waals surface area contributed by atoms with Gasteiger partial charge in [0.1, 0.15) is 4.88 Å². The number of ether oxygens (including phenoxy) is 2. The smallest absolute Gasteiger partial charge is 0.348 e. The van der Waals surface area contributed by atoms with Crippen molar-refractivity contribution in [2.75, 3.05) is 56.2 Å². The van der Waals surface area contributed by atoms with Crippen molar-refractivity contribution < 1.29 is 27.5 Å². The van der Waals surface area contributed by atoms with Crippen molar-refractivity contribution in [3.63, 3.8) is 0 Å². The van der Waals surface area contributed by atoms with E-state index in [-0.39, 0.29) is 17.1 Å². The van der Waals surface area contributed by atoms with Crippen LogP contribution in [0.1, 0.15) is 51.8 Å². The van der Waals surface area contributed by atoms with Gasteiger partial charge in [-0.25, -0.2) is 13.2 Å². The Morgan fingerprint density at radius 1 is 1.09 bits per heavy atom. The first-order valence-corrected chi connectivity index (χ1v) is 14.1. The highest BCUT2D eigenvalue weighted by Gasteiger charge is 2.29. The SMILES string of the molecule is CCOC(=O)c1sc(NC(=O)c2cc(S(=O)(=O)N3CCCCC3)ccc2N2CCOCC2)cc1C. The molecule has 0 saturated carbocycles. The number of hydrogen-bond donors (Lipinski definition) is 1. The summed E-state index contributed by atoms with van der Waals surface area (Å²) in [7, 11) is -3.71. The summed E-state index contributed by atoms with van der Waals surface area (Å²) < 4.78 is 38.6. The largest absolute Gasteiger partial charge is 0.462 e. The highest BCUT2D eigenvalue weighted by Crippen LogP contribution is 2.31. The number of nitrogens with zero attached hydrogens (tertiary/aromatic N) is 2. The molecular formula is C24H31N3O6S2. The molecule has 35 heavy (non-hydrogen) atoms. The molecule has 2 saturated heterocycles. The predicted octanol–water partition coefficient (Wildman–Crippen LogP) is 3.50. The number of esters is 1. The first-order valence-electron chi connectivity index (χ1n) is 11.9. The van der Waals surface area contributed by atoms with E-state index in [0.29, 0.717) is 60.5 Å². The number of carbonyl (C=O) groups is 2. The number of carbonyl (C=O) groups excluding carboxylic acids is 2. The van der Waals surface area contributed by atoms with Gasteiger partial charge in [0.05, 0.1) is 35.3 Å². The minimum atomic E-state index is -3.71. The Labute approximate surface area is 210 Å². The van der Waals surface area contributed by atoms with Crippen LogP contribution >= 0.6 is 11.3 Å². The molecule has 0 spiro atoms. The first-order chi connectivity index (χ1) is 16.8. The second kappa shape index (κ2) is 11.1. The van der Waals surface area contributed by atoms with Crippen LogP contribution in [0, 0.1) is 6.92 Å². The lowest BCUT2D eigenvalue weighted by atomic mass is 10.1. The quantitative estimate of drug-likeness (QED) is 0.556. The summed E-state index contributed by atoms with van der Waals surface area (Å²) >= 11 is 1.14. The van der Waals surface area contributed by atoms with Gasteiger partial charge in [-0.05, 0) is 56.5 Å². The number of amides is 1. The van der Waals surface area contributed by atoms with E-state index in [1.165, 1.54) is 10.4 Å². The molecule has 0 unspecified atom stereocenters. The monoisotopic (exact) mass is 521 g/mol. The van der Waals surface area contributed by atoms with Gasteiger partial charge in [0, 0.05) is 31.9 Å². The van der Waals surface area contributed by atoms with Gasteiger partial charge < -0.3 is 19.7 Å². The molecule has 0 radical (unpaired) electrons. The van der Waals surface area contributed by atoms with E-state index in [9.17, 15) is 18.0 Å². The van der Waals surface area contributed by atoms with E-state index in [4.69, 9.17) is 9.47 Å². The van der Waals surface area contributed by atoms with Crippen LogP contribution in [0.3, 0.4) is 0 Å². The molecule has 1 amide bonds. The number of rotatable bonds is 7. The topological polar surface area (TPSA) is 105 Å². The maximum atomic E-state index is 13.5. The highest BCUT2D eigenvalue weighted by molar-refractivity contribution is 7.89. The number of sulfonamides is 1. The fourth-order valence-corrected chi connectivity index (χ4v) is 6.82. The zero-order chi connectivity index (χ0) is 25.0. The van der Waals surface area contributed by atoms with E-state index in [2.05, 4.69) is 5.32 Å². The number of piperidine rings is 1. The predicted molar refractivity (Wildman–Crippen MR) is 135 cm³/mol. The van der Waals surface area contributed by atoms with Crippen molar-refractivity contribution in [2.45, 2.75) is 38.0 Å². The van der Waals surface area contributed by atoms with Gasteiger partial charge in [-0.3, -0.25) is 4.79 Å². The Morgan fingerprint density at radius 2 is 1.80 bits per heavy atom. The number of hydrogen-bond acceptors (Lipinski definition) is 8. The van der Waals surface area contributed by atoms with Crippen molar-refractivity contribution in [3.05, 3.63) is 40.3 Å². The van der Waals surface area contributed by atoms with E-state index in [1.54, 1.807) is 32.0 Å². The normalized spacial score (nSPS) is 17.3. The fourth-order valence-electron chi connectivity index (χ4n) is 4.31. The number of aryl methyl sites for hydroxylation is 1. The van der Waals surface area contributed by atoms with E-state index >= 15 is 0 Å². The molecule has 2 fully saturated rings. The Kier molecular flexibility index (Phi) is 8.10. The van der Waals surface area contributed by atoms with Gasteiger partial charge in [-0.2, -0.15) is 4.31 Å². The third-order valence-electron chi connectivity index (χ3n) is 6.13. The molecule has 2 aromatic rings. The lowest BCUT2D eigenvalue weighted by molar-refractivity contribution is 0.0531. The molecule has 2 aliphatic rings. The van der Waals surface area contributed by atoms with Crippen LogP contribution in [0.25, 0.3) is 0 Å². The second-order valence-electron chi connectivity index (χ2n) is 8.54. The maximum absolute atomic E-state index is 13.5. The van der Waals surface area contributed by atoms with Crippen LogP contribution in [0.5, 0.6) is 0 Å². The summed E-state index contributed by atoms with van der Waals surface area (Å²) in [5.74, 6) is -0.863. The summed E-state index contributed by atoms with van der Waals surface area (Å²) in [6.45, 7) is 7.02. The molecule has 3 heterocycles. The number of benzene rings is 1. The van der Waals surface area contributed by atoms with Crippen LogP contribution in [0.2, 0.25) is 0 Å². The van der Waals surface area contributed by atoms with Gasteiger partial charge >= 0.3 is 5.97 Å². The van der Waals surface area contributed by atoms with Crippen molar-refractivity contribution >= 4 is 43.9 Å². The minimum Gasteiger partial charge on any atom is -0.462 e. The van der Waals surface area contributed by atoms with E-state index in [0.717, 1.165) is 30.6 Å². The van der Waals surface area contributed by atoms with Crippen molar-refractivity contribution in [1.29, 1.82) is 0 Å². The van der Waals surface area contributed by atoms with Gasteiger partial charge in [0.25, 0.3) is 5.91 Å². The van der Waals surface area contributed by atoms with E-state index < -0.39 is 21.9 Å². The minimum absolute atomic E-state index is 0.108. The van der Waals surface area contributed by atoms with Crippen molar-refractivity contribution in [3.8, 4) is 0 Å². The molecule has 1 aromatic carbocycles. The fraction of sp³-hybridized carbons (Fsp3) is 0.500. The molecule has 0 atom stereocenters. The van der Waals surface area contributed by atoms with Crippen LogP contribution in [-0.4, -0.2) is 70.6 Å². The maximum Gasteiger partial charge on any atom is 0.348 e. The van der Waals surface area contributed by atoms with Crippen molar-refractivity contribution in [2.24, 2.45) is 0 Å². The Hall–Kier alpha value is -2.47. The number of morpholine rings is 1. The van der Waals surface area contributed by atoms with Crippen LogP contribution in [0.15, 0.2) is 29.2 Å². The lowest BCUT2D eigenvalue weighted by Crippen LogP contribution is -2.38. The van der Waals surface area contributed by atoms with E-state index in [1.807, 2.05) is 4.90 Å². The molecule has 1 N–H and O–H groups in total. The summed E-state index contributed by atoms with van der Waals surface area (Å²) in [4.78, 5) is 28.2. The summed E-state index contributed by atoms with van der Waals surface area (Å²) in [5, 5.41) is 3.35. The standard InChI is InChI=1S/C24H31N3O6S2/c1-3-33-24(29)22-17(2)15-21(34-22)25-23(28)19-16-18(35(30,31)27-9-5-4-6-10-27)7-8-20(19)26-11-13-32-14-12-26/h7-8,15-16H,3-6,9-14H2,1-2H3,(H,25,28). The molecule has 11 heteroatoms. The molecule has 0 aliphatic carbocycles. The zero-order valence-corrected chi connectivity index (χ0v) is 21.7. The molecular weight excluding hydrogens is 490 g/mol. The molecule has 4 rings (SSSR count). The molecule has 2 aliphatic heterocycles. The molecule has 0 bridgehead atoms. The van der Waals surface area contributed by atoms with Crippen LogP contribution in [-0.2, 0) is 19.5 Å².